The van der Waals surface area contributed by atoms with Crippen LogP contribution in [0.2, 0.25) is 0 Å². The summed E-state index contributed by atoms with van der Waals surface area (Å²) in [6.07, 6.45) is 4.11. The number of hydrogen-bond donors (Lipinski definition) is 1. The quantitative estimate of drug-likeness (QED) is 0.899. The zero-order chi connectivity index (χ0) is 16.9. The Morgan fingerprint density at radius 2 is 2.29 bits per heavy atom. The van der Waals surface area contributed by atoms with E-state index in [1.807, 2.05) is 19.1 Å². The molecular weight excluding hydrogens is 306 g/mol. The molecule has 1 aromatic heterocycles. The fourth-order valence-electron chi connectivity index (χ4n) is 4.01. The highest BCUT2D eigenvalue weighted by Crippen LogP contribution is 2.37. The number of benzene rings is 1. The van der Waals surface area contributed by atoms with Crippen molar-refractivity contribution in [2.45, 2.75) is 50.7 Å². The largest absolute Gasteiger partial charge is 0.364 e. The number of likely N-dealkylation sites (N-methyl/N-ethyl adjacent to an activating group) is 1. The highest BCUT2D eigenvalue weighted by atomic mass is 16.6. The van der Waals surface area contributed by atoms with Crippen LogP contribution in [0.25, 0.3) is 10.9 Å². The van der Waals surface area contributed by atoms with Gasteiger partial charge in [-0.15, -0.1) is 0 Å². The first-order valence-corrected chi connectivity index (χ1v) is 8.51. The number of piperidine rings is 1. The summed E-state index contributed by atoms with van der Waals surface area (Å²) in [7, 11) is 2.07. The molecule has 3 atom stereocenters. The Morgan fingerprint density at radius 3 is 3.08 bits per heavy atom. The molecule has 2 aliphatic heterocycles. The van der Waals surface area contributed by atoms with Crippen LogP contribution in [0.4, 0.5) is 0 Å². The van der Waals surface area contributed by atoms with Gasteiger partial charge in [-0.05, 0) is 51.1 Å². The summed E-state index contributed by atoms with van der Waals surface area (Å²) in [6, 6.07) is 5.81. The second kappa shape index (κ2) is 5.65. The highest BCUT2D eigenvalue weighted by molar-refractivity contribution is 5.77. The van der Waals surface area contributed by atoms with Crippen molar-refractivity contribution >= 4 is 10.9 Å². The van der Waals surface area contributed by atoms with Crippen molar-refractivity contribution in [3.63, 3.8) is 0 Å². The van der Waals surface area contributed by atoms with Gasteiger partial charge in [0.15, 0.2) is 5.79 Å². The van der Waals surface area contributed by atoms with E-state index in [2.05, 4.69) is 16.9 Å². The molecule has 2 aliphatic rings. The van der Waals surface area contributed by atoms with Gasteiger partial charge >= 0.3 is 0 Å². The van der Waals surface area contributed by atoms with Gasteiger partial charge in [-0.2, -0.15) is 0 Å². The van der Waals surface area contributed by atoms with Gasteiger partial charge in [0.2, 0.25) is 0 Å². The van der Waals surface area contributed by atoms with Gasteiger partial charge in [0, 0.05) is 12.5 Å². The van der Waals surface area contributed by atoms with Gasteiger partial charge in [0.25, 0.3) is 5.56 Å². The maximum absolute atomic E-state index is 12.7. The number of nitrogens with zero attached hydrogens (tertiary/aromatic N) is 3. The predicted octanol–water partition coefficient (Wildman–Crippen LogP) is 1.28. The molecule has 0 bridgehead atoms. The Labute approximate surface area is 140 Å². The standard InChI is InChI=1S/C18H23N3O3/c1-12-5-6-13-14(8-12)19-11-21(17(13)22)10-18(23)9-15-16(24-18)4-3-7-20(15)2/h5-6,8,11,15-16,23H,3-4,7,9-10H2,1-2H3/t15-,16+,18?/m1/s1. The summed E-state index contributed by atoms with van der Waals surface area (Å²) in [4.78, 5) is 19.3. The molecule has 4 rings (SSSR count). The molecular formula is C18H23N3O3. The monoisotopic (exact) mass is 329 g/mol. The molecule has 0 spiro atoms. The normalized spacial score (nSPS) is 30.6. The SMILES string of the molecule is Cc1ccc2c(=O)n(CC3(O)C[C@@H]4[C@H](CCCN4C)O3)cnc2c1. The Bertz CT molecular complexity index is 834. The first kappa shape index (κ1) is 15.7. The minimum atomic E-state index is -1.31. The van der Waals surface area contributed by atoms with E-state index in [0.29, 0.717) is 17.3 Å². The molecule has 1 N–H and O–H groups in total. The van der Waals surface area contributed by atoms with E-state index >= 15 is 0 Å². The van der Waals surface area contributed by atoms with Gasteiger partial charge in [0.1, 0.15) is 0 Å². The van der Waals surface area contributed by atoms with E-state index in [0.717, 1.165) is 24.9 Å². The number of ether oxygens (including phenoxy) is 1. The second-order valence-electron chi connectivity index (χ2n) is 7.20. The number of aliphatic hydroxyl groups is 1. The lowest BCUT2D eigenvalue weighted by Crippen LogP contribution is -2.43. The third-order valence-electron chi connectivity index (χ3n) is 5.29. The van der Waals surface area contributed by atoms with Crippen molar-refractivity contribution in [1.82, 2.24) is 14.5 Å². The molecule has 1 aromatic carbocycles. The van der Waals surface area contributed by atoms with Crippen LogP contribution in [0.15, 0.2) is 29.3 Å². The molecule has 2 aromatic rings. The third-order valence-corrected chi connectivity index (χ3v) is 5.29. The van der Waals surface area contributed by atoms with Crippen LogP contribution in [-0.4, -0.2) is 51.1 Å². The van der Waals surface area contributed by atoms with E-state index in [1.54, 1.807) is 6.07 Å². The number of fused-ring (bicyclic) bond motifs is 2. The zero-order valence-electron chi connectivity index (χ0n) is 14.1. The first-order valence-electron chi connectivity index (χ1n) is 8.51. The number of likely N-dealkylation sites (tertiary alicyclic amines) is 1. The van der Waals surface area contributed by atoms with Crippen molar-refractivity contribution in [1.29, 1.82) is 0 Å². The maximum Gasteiger partial charge on any atom is 0.261 e. The number of hydrogen-bond acceptors (Lipinski definition) is 5. The summed E-state index contributed by atoms with van der Waals surface area (Å²) in [5, 5.41) is 11.5. The molecule has 0 amide bonds. The van der Waals surface area contributed by atoms with Crippen LogP contribution in [0.3, 0.4) is 0 Å². The van der Waals surface area contributed by atoms with Crippen LogP contribution in [-0.2, 0) is 11.3 Å². The van der Waals surface area contributed by atoms with E-state index in [4.69, 9.17) is 4.74 Å². The molecule has 128 valence electrons. The minimum absolute atomic E-state index is 0.0421. The fourth-order valence-corrected chi connectivity index (χ4v) is 4.01. The van der Waals surface area contributed by atoms with Crippen LogP contribution in [0.1, 0.15) is 24.8 Å². The van der Waals surface area contributed by atoms with E-state index in [9.17, 15) is 9.90 Å². The van der Waals surface area contributed by atoms with Gasteiger partial charge in [0.05, 0.1) is 29.9 Å². The number of aromatic nitrogens is 2. The van der Waals surface area contributed by atoms with Crippen LogP contribution in [0.5, 0.6) is 0 Å². The van der Waals surface area contributed by atoms with Crippen molar-refractivity contribution in [3.05, 3.63) is 40.4 Å². The molecule has 0 aliphatic carbocycles. The lowest BCUT2D eigenvalue weighted by atomic mass is 9.97. The minimum Gasteiger partial charge on any atom is -0.364 e. The number of rotatable bonds is 2. The molecule has 6 nitrogen and oxygen atoms in total. The first-order chi connectivity index (χ1) is 11.5. The molecule has 1 unspecified atom stereocenters. The van der Waals surface area contributed by atoms with Gasteiger partial charge < -0.3 is 14.7 Å². The molecule has 0 saturated carbocycles. The van der Waals surface area contributed by atoms with Crippen molar-refractivity contribution < 1.29 is 9.84 Å². The highest BCUT2D eigenvalue weighted by Gasteiger charge is 2.48. The lowest BCUT2D eigenvalue weighted by Gasteiger charge is -2.32. The summed E-state index contributed by atoms with van der Waals surface area (Å²) >= 11 is 0. The molecule has 2 saturated heterocycles. The second-order valence-corrected chi connectivity index (χ2v) is 7.20. The fraction of sp³-hybridized carbons (Fsp3) is 0.556. The van der Waals surface area contributed by atoms with E-state index in [-0.39, 0.29) is 24.2 Å². The Balaban J connectivity index is 1.63. The van der Waals surface area contributed by atoms with Gasteiger partial charge in [-0.25, -0.2) is 4.98 Å². The molecule has 24 heavy (non-hydrogen) atoms. The summed E-state index contributed by atoms with van der Waals surface area (Å²) in [5.74, 6) is -1.31. The summed E-state index contributed by atoms with van der Waals surface area (Å²) in [6.45, 7) is 3.11. The Hall–Kier alpha value is -1.76. The maximum atomic E-state index is 12.7. The smallest absolute Gasteiger partial charge is 0.261 e. The Morgan fingerprint density at radius 1 is 1.46 bits per heavy atom. The third kappa shape index (κ3) is 2.64. The molecule has 0 radical (unpaired) electrons. The molecule has 2 fully saturated rings. The van der Waals surface area contributed by atoms with Crippen LogP contribution >= 0.6 is 0 Å². The van der Waals surface area contributed by atoms with Crippen molar-refractivity contribution in [2.75, 3.05) is 13.6 Å². The zero-order valence-corrected chi connectivity index (χ0v) is 14.1. The topological polar surface area (TPSA) is 67.6 Å². The van der Waals surface area contributed by atoms with Crippen molar-refractivity contribution in [2.24, 2.45) is 0 Å². The van der Waals surface area contributed by atoms with Crippen LogP contribution < -0.4 is 5.56 Å². The molecule has 6 heteroatoms. The molecule has 3 heterocycles. The lowest BCUT2D eigenvalue weighted by molar-refractivity contribution is -0.203. The van der Waals surface area contributed by atoms with Gasteiger partial charge in [-0.1, -0.05) is 6.07 Å². The van der Waals surface area contributed by atoms with E-state index in [1.165, 1.54) is 10.9 Å². The predicted molar refractivity (Wildman–Crippen MR) is 90.8 cm³/mol. The summed E-state index contributed by atoms with van der Waals surface area (Å²) in [5.41, 5.74) is 1.61. The van der Waals surface area contributed by atoms with Crippen molar-refractivity contribution in [3.8, 4) is 0 Å². The van der Waals surface area contributed by atoms with Crippen LogP contribution in [0, 0.1) is 6.92 Å². The average Bonchev–Trinajstić information content (AvgIpc) is 2.88. The Kier molecular flexibility index (Phi) is 3.71. The average molecular weight is 329 g/mol. The number of aryl methyl sites for hydroxylation is 1. The van der Waals surface area contributed by atoms with Gasteiger partial charge in [-0.3, -0.25) is 9.36 Å². The summed E-state index contributed by atoms with van der Waals surface area (Å²) < 4.78 is 7.41. The van der Waals surface area contributed by atoms with E-state index < -0.39 is 5.79 Å².